The van der Waals surface area contributed by atoms with E-state index in [2.05, 4.69) is 0 Å². The minimum absolute atomic E-state index is 0.0441. The van der Waals surface area contributed by atoms with E-state index in [1.165, 1.54) is 18.2 Å². The highest BCUT2D eigenvalue weighted by molar-refractivity contribution is 6.26. The van der Waals surface area contributed by atoms with Crippen molar-refractivity contribution in [2.45, 2.75) is 18.6 Å². The molecule has 1 aliphatic heterocycles. The summed E-state index contributed by atoms with van der Waals surface area (Å²) in [5.41, 5.74) is -0.0887. The Bertz CT molecular complexity index is 672. The Kier molecular flexibility index (Phi) is 2.69. The first-order valence-corrected chi connectivity index (χ1v) is 5.99. The minimum atomic E-state index is -1.15. The Morgan fingerprint density at radius 2 is 1.95 bits per heavy atom. The quantitative estimate of drug-likeness (QED) is 0.718. The van der Waals surface area contributed by atoms with Gasteiger partial charge in [-0.2, -0.15) is 0 Å². The van der Waals surface area contributed by atoms with Gasteiger partial charge >= 0.3 is 5.97 Å². The number of cyclic esters (lactones) is 1. The SMILES string of the molecule is O=C1C[C@H](O)[C@H](C2=CC(=O)c3c(O)cccc3C2=O)O1. The molecular formula is C14H10O6. The zero-order chi connectivity index (χ0) is 14.4. The summed E-state index contributed by atoms with van der Waals surface area (Å²) in [6.45, 7) is 0. The second-order valence-electron chi connectivity index (χ2n) is 4.67. The Morgan fingerprint density at radius 1 is 1.20 bits per heavy atom. The number of aliphatic hydroxyl groups excluding tert-OH is 1. The number of esters is 1. The summed E-state index contributed by atoms with van der Waals surface area (Å²) in [6, 6.07) is 4.16. The van der Waals surface area contributed by atoms with Crippen LogP contribution >= 0.6 is 0 Å². The largest absolute Gasteiger partial charge is 0.507 e. The molecule has 0 bridgehead atoms. The lowest BCUT2D eigenvalue weighted by Gasteiger charge is -2.21. The fourth-order valence-corrected chi connectivity index (χ4v) is 2.45. The van der Waals surface area contributed by atoms with Gasteiger partial charge in [0.15, 0.2) is 17.7 Å². The fourth-order valence-electron chi connectivity index (χ4n) is 2.45. The number of benzene rings is 1. The molecule has 1 aromatic rings. The molecule has 0 spiro atoms. The van der Waals surface area contributed by atoms with Gasteiger partial charge in [-0.25, -0.2) is 0 Å². The van der Waals surface area contributed by atoms with Gasteiger partial charge in [-0.15, -0.1) is 0 Å². The Hall–Kier alpha value is -2.47. The van der Waals surface area contributed by atoms with E-state index in [0.29, 0.717) is 0 Å². The van der Waals surface area contributed by atoms with Gasteiger partial charge in [-0.05, 0) is 12.1 Å². The molecule has 2 atom stereocenters. The van der Waals surface area contributed by atoms with Crippen molar-refractivity contribution >= 4 is 17.5 Å². The van der Waals surface area contributed by atoms with Crippen LogP contribution in [0.3, 0.4) is 0 Å². The average molecular weight is 274 g/mol. The normalized spacial score (nSPS) is 25.2. The van der Waals surface area contributed by atoms with Crippen LogP contribution in [0.2, 0.25) is 0 Å². The molecule has 2 aliphatic rings. The van der Waals surface area contributed by atoms with Crippen LogP contribution in [-0.4, -0.2) is 40.0 Å². The summed E-state index contributed by atoms with van der Waals surface area (Å²) in [6.07, 6.45) is -1.48. The standard InChI is InChI=1S/C14H10O6/c15-8-3-1-2-6-12(8)9(16)4-7(13(6)19)14-10(17)5-11(18)20-14/h1-4,10,14-15,17H,5H2/t10-,14-/m0/s1. The smallest absolute Gasteiger partial charge is 0.309 e. The molecule has 2 N–H and O–H groups in total. The third-order valence-electron chi connectivity index (χ3n) is 3.37. The summed E-state index contributed by atoms with van der Waals surface area (Å²) in [5, 5.41) is 19.4. The topological polar surface area (TPSA) is 101 Å². The van der Waals surface area contributed by atoms with Crippen LogP contribution in [-0.2, 0) is 9.53 Å². The highest BCUT2D eigenvalue weighted by Gasteiger charge is 2.41. The van der Waals surface area contributed by atoms with Crippen molar-refractivity contribution in [2.24, 2.45) is 0 Å². The van der Waals surface area contributed by atoms with Crippen LogP contribution in [0, 0.1) is 0 Å². The predicted octanol–water partition coefficient (Wildman–Crippen LogP) is 0.374. The molecule has 20 heavy (non-hydrogen) atoms. The van der Waals surface area contributed by atoms with E-state index < -0.39 is 29.7 Å². The first kappa shape index (κ1) is 12.6. The van der Waals surface area contributed by atoms with E-state index in [0.717, 1.165) is 6.08 Å². The first-order valence-electron chi connectivity index (χ1n) is 5.99. The molecular weight excluding hydrogens is 264 g/mol. The fraction of sp³-hybridized carbons (Fsp3) is 0.214. The lowest BCUT2D eigenvalue weighted by Crippen LogP contribution is -2.31. The number of carbonyl (C=O) groups excluding carboxylic acids is 3. The van der Waals surface area contributed by atoms with Gasteiger partial charge in [0.25, 0.3) is 0 Å². The summed E-state index contributed by atoms with van der Waals surface area (Å²) < 4.78 is 4.88. The van der Waals surface area contributed by atoms with Gasteiger partial charge in [0.1, 0.15) is 11.9 Å². The summed E-state index contributed by atoms with van der Waals surface area (Å²) in [7, 11) is 0. The number of carbonyl (C=O) groups is 3. The van der Waals surface area contributed by atoms with Crippen LogP contribution in [0.25, 0.3) is 0 Å². The molecule has 6 nitrogen and oxygen atoms in total. The van der Waals surface area contributed by atoms with Gasteiger partial charge in [-0.1, -0.05) is 12.1 Å². The molecule has 1 fully saturated rings. The maximum Gasteiger partial charge on any atom is 0.309 e. The molecule has 0 saturated carbocycles. The zero-order valence-corrected chi connectivity index (χ0v) is 10.2. The number of aromatic hydroxyl groups is 1. The lowest BCUT2D eigenvalue weighted by atomic mass is 9.85. The number of Topliss-reactive ketones (excluding diaryl/α,β-unsaturated/α-hetero) is 1. The van der Waals surface area contributed by atoms with Crippen LogP contribution in [0.5, 0.6) is 5.75 Å². The van der Waals surface area contributed by atoms with Gasteiger partial charge in [-0.3, -0.25) is 14.4 Å². The predicted molar refractivity (Wildman–Crippen MR) is 65.4 cm³/mol. The maximum atomic E-state index is 12.3. The van der Waals surface area contributed by atoms with E-state index in [1.54, 1.807) is 0 Å². The number of hydrogen-bond acceptors (Lipinski definition) is 6. The van der Waals surface area contributed by atoms with Gasteiger partial charge in [0.2, 0.25) is 0 Å². The van der Waals surface area contributed by atoms with Crippen molar-refractivity contribution in [1.29, 1.82) is 0 Å². The van der Waals surface area contributed by atoms with Crippen molar-refractivity contribution in [3.05, 3.63) is 41.0 Å². The minimum Gasteiger partial charge on any atom is -0.507 e. The Balaban J connectivity index is 2.07. The number of fused-ring (bicyclic) bond motifs is 1. The number of rotatable bonds is 1. The molecule has 1 saturated heterocycles. The third kappa shape index (κ3) is 1.73. The number of allylic oxidation sites excluding steroid dienone is 1. The molecule has 0 radical (unpaired) electrons. The summed E-state index contributed by atoms with van der Waals surface area (Å²) >= 11 is 0. The highest BCUT2D eigenvalue weighted by Crippen LogP contribution is 2.32. The molecule has 1 aliphatic carbocycles. The van der Waals surface area contributed by atoms with E-state index in [9.17, 15) is 24.6 Å². The molecule has 1 aromatic carbocycles. The second-order valence-corrected chi connectivity index (χ2v) is 4.67. The van der Waals surface area contributed by atoms with Crippen LogP contribution in [0.4, 0.5) is 0 Å². The van der Waals surface area contributed by atoms with E-state index >= 15 is 0 Å². The Morgan fingerprint density at radius 3 is 2.60 bits per heavy atom. The average Bonchev–Trinajstić information content (AvgIpc) is 2.72. The molecule has 6 heteroatoms. The second kappa shape index (κ2) is 4.28. The molecule has 3 rings (SSSR count). The van der Waals surface area contributed by atoms with E-state index in [-0.39, 0.29) is 28.9 Å². The van der Waals surface area contributed by atoms with Gasteiger partial charge < -0.3 is 14.9 Å². The van der Waals surface area contributed by atoms with Gasteiger partial charge in [0.05, 0.1) is 12.0 Å². The third-order valence-corrected chi connectivity index (χ3v) is 3.37. The molecule has 0 aromatic heterocycles. The van der Waals surface area contributed by atoms with Crippen LogP contribution in [0.15, 0.2) is 29.8 Å². The van der Waals surface area contributed by atoms with E-state index in [1.807, 2.05) is 0 Å². The van der Waals surface area contributed by atoms with Crippen LogP contribution in [0.1, 0.15) is 27.1 Å². The zero-order valence-electron chi connectivity index (χ0n) is 10.2. The molecule has 1 heterocycles. The number of ether oxygens (including phenoxy) is 1. The van der Waals surface area contributed by atoms with Crippen molar-refractivity contribution in [3.63, 3.8) is 0 Å². The first-order chi connectivity index (χ1) is 9.49. The molecule has 0 amide bonds. The number of phenolic OH excluding ortho intramolecular Hbond substituents is 1. The van der Waals surface area contributed by atoms with Crippen molar-refractivity contribution in [1.82, 2.24) is 0 Å². The van der Waals surface area contributed by atoms with Crippen LogP contribution < -0.4 is 0 Å². The summed E-state index contributed by atoms with van der Waals surface area (Å²) in [5.74, 6) is -1.98. The van der Waals surface area contributed by atoms with Crippen molar-refractivity contribution in [3.8, 4) is 5.75 Å². The molecule has 102 valence electrons. The lowest BCUT2D eigenvalue weighted by molar-refractivity contribution is -0.140. The number of aliphatic hydroxyl groups is 1. The van der Waals surface area contributed by atoms with Crippen molar-refractivity contribution < 1.29 is 29.3 Å². The highest BCUT2D eigenvalue weighted by atomic mass is 16.6. The number of ketones is 2. The van der Waals surface area contributed by atoms with E-state index in [4.69, 9.17) is 4.74 Å². The maximum absolute atomic E-state index is 12.3. The van der Waals surface area contributed by atoms with Gasteiger partial charge in [0, 0.05) is 11.1 Å². The van der Waals surface area contributed by atoms with Crippen molar-refractivity contribution in [2.75, 3.05) is 0 Å². The number of hydrogen-bond donors (Lipinski definition) is 2. The molecule has 0 unspecified atom stereocenters. The monoisotopic (exact) mass is 274 g/mol. The summed E-state index contributed by atoms with van der Waals surface area (Å²) in [4.78, 5) is 35.5. The number of phenols is 1. The Labute approximate surface area is 113 Å².